The fraction of sp³-hybridized carbons (Fsp3) is 0.526. The molecule has 1 amide bonds. The highest BCUT2D eigenvalue weighted by Gasteiger charge is 2.24. The number of benzene rings is 1. The van der Waals surface area contributed by atoms with Crippen molar-refractivity contribution < 1.29 is 18.7 Å². The van der Waals surface area contributed by atoms with Gasteiger partial charge in [0.15, 0.2) is 11.0 Å². The lowest BCUT2D eigenvalue weighted by Crippen LogP contribution is -2.33. The Morgan fingerprint density at radius 1 is 1.43 bits per heavy atom. The standard InChI is InChI=1S/C19H25FN4O3S/c1-13(18(25)21-9-11-26-2)28-19-23-22-17(14-5-7-15(20)8-6-14)24(19)12-16-4-3-10-27-16/h5-8,13,16H,3-4,9-12H2,1-2H3,(H,21,25)/t13-,16-/m1/s1. The third-order valence-electron chi connectivity index (χ3n) is 4.49. The highest BCUT2D eigenvalue weighted by Crippen LogP contribution is 2.29. The average molecular weight is 408 g/mol. The van der Waals surface area contributed by atoms with Crippen LogP contribution in [0.25, 0.3) is 11.4 Å². The second-order valence-corrected chi connectivity index (χ2v) is 7.91. The summed E-state index contributed by atoms with van der Waals surface area (Å²) >= 11 is 1.35. The minimum Gasteiger partial charge on any atom is -0.383 e. The summed E-state index contributed by atoms with van der Waals surface area (Å²) in [6.45, 7) is 4.10. The van der Waals surface area contributed by atoms with Crippen LogP contribution in [0.5, 0.6) is 0 Å². The van der Waals surface area contributed by atoms with Crippen molar-refractivity contribution in [2.45, 2.75) is 42.8 Å². The van der Waals surface area contributed by atoms with Crippen LogP contribution in [0.3, 0.4) is 0 Å². The Morgan fingerprint density at radius 3 is 2.89 bits per heavy atom. The number of halogens is 1. The van der Waals surface area contributed by atoms with Crippen LogP contribution in [0.2, 0.25) is 0 Å². The molecule has 0 bridgehead atoms. The van der Waals surface area contributed by atoms with E-state index >= 15 is 0 Å². The number of amides is 1. The third kappa shape index (κ3) is 5.30. The summed E-state index contributed by atoms with van der Waals surface area (Å²) in [5.41, 5.74) is 0.774. The molecule has 152 valence electrons. The van der Waals surface area contributed by atoms with Crippen molar-refractivity contribution >= 4 is 17.7 Å². The minimum absolute atomic E-state index is 0.0837. The molecule has 2 atom stereocenters. The first-order valence-corrected chi connectivity index (χ1v) is 10.2. The molecule has 1 aromatic carbocycles. The Bertz CT molecular complexity index is 778. The summed E-state index contributed by atoms with van der Waals surface area (Å²) in [7, 11) is 1.59. The first kappa shape index (κ1) is 20.8. The van der Waals surface area contributed by atoms with E-state index in [1.165, 1.54) is 23.9 Å². The van der Waals surface area contributed by atoms with Crippen molar-refractivity contribution in [3.05, 3.63) is 30.1 Å². The largest absolute Gasteiger partial charge is 0.383 e. The van der Waals surface area contributed by atoms with Crippen molar-refractivity contribution in [1.82, 2.24) is 20.1 Å². The highest BCUT2D eigenvalue weighted by atomic mass is 32.2. The zero-order valence-electron chi connectivity index (χ0n) is 16.1. The number of thioether (sulfide) groups is 1. The molecule has 0 spiro atoms. The van der Waals surface area contributed by atoms with E-state index in [9.17, 15) is 9.18 Å². The van der Waals surface area contributed by atoms with E-state index in [0.29, 0.717) is 30.7 Å². The Hall–Kier alpha value is -1.97. The van der Waals surface area contributed by atoms with Crippen LogP contribution >= 0.6 is 11.8 Å². The molecule has 2 heterocycles. The van der Waals surface area contributed by atoms with E-state index in [1.807, 2.05) is 11.5 Å². The molecule has 7 nitrogen and oxygen atoms in total. The molecule has 1 aliphatic rings. The molecule has 1 saturated heterocycles. The lowest BCUT2D eigenvalue weighted by Gasteiger charge is -2.16. The van der Waals surface area contributed by atoms with E-state index < -0.39 is 0 Å². The molecular weight excluding hydrogens is 383 g/mol. The van der Waals surface area contributed by atoms with E-state index in [4.69, 9.17) is 9.47 Å². The summed E-state index contributed by atoms with van der Waals surface area (Å²) in [6, 6.07) is 6.17. The van der Waals surface area contributed by atoms with E-state index in [-0.39, 0.29) is 23.1 Å². The van der Waals surface area contributed by atoms with E-state index in [1.54, 1.807) is 19.2 Å². The maximum absolute atomic E-state index is 13.3. The van der Waals surface area contributed by atoms with Crippen molar-refractivity contribution in [1.29, 1.82) is 0 Å². The number of rotatable bonds is 9. The third-order valence-corrected chi connectivity index (χ3v) is 5.57. The number of carbonyl (C=O) groups is 1. The lowest BCUT2D eigenvalue weighted by molar-refractivity contribution is -0.120. The monoisotopic (exact) mass is 408 g/mol. The number of hydrogen-bond donors (Lipinski definition) is 1. The van der Waals surface area contributed by atoms with Crippen molar-refractivity contribution in [3.8, 4) is 11.4 Å². The fourth-order valence-electron chi connectivity index (χ4n) is 2.98. The van der Waals surface area contributed by atoms with Gasteiger partial charge in [-0.05, 0) is 44.0 Å². The molecule has 1 N–H and O–H groups in total. The molecule has 3 rings (SSSR count). The van der Waals surface area contributed by atoms with Gasteiger partial charge in [-0.25, -0.2) is 4.39 Å². The van der Waals surface area contributed by atoms with Crippen LogP contribution < -0.4 is 5.32 Å². The maximum Gasteiger partial charge on any atom is 0.233 e. The normalized spacial score (nSPS) is 17.6. The second kappa shape index (κ2) is 9.99. The van der Waals surface area contributed by atoms with Crippen molar-refractivity contribution in [2.24, 2.45) is 0 Å². The number of hydrogen-bond acceptors (Lipinski definition) is 6. The van der Waals surface area contributed by atoms with Crippen molar-refractivity contribution in [2.75, 3.05) is 26.9 Å². The SMILES string of the molecule is COCCNC(=O)[C@@H](C)Sc1nnc(-c2ccc(F)cc2)n1C[C@H]1CCCO1. The number of nitrogens with one attached hydrogen (secondary N) is 1. The molecule has 28 heavy (non-hydrogen) atoms. The highest BCUT2D eigenvalue weighted by molar-refractivity contribution is 8.00. The molecule has 0 unspecified atom stereocenters. The predicted molar refractivity (Wildman–Crippen MR) is 105 cm³/mol. The molecule has 0 radical (unpaired) electrons. The smallest absolute Gasteiger partial charge is 0.233 e. The number of aromatic nitrogens is 3. The first-order valence-electron chi connectivity index (χ1n) is 9.32. The molecule has 1 aromatic heterocycles. The van der Waals surface area contributed by atoms with E-state index in [0.717, 1.165) is 25.0 Å². The zero-order chi connectivity index (χ0) is 19.9. The molecule has 0 aliphatic carbocycles. The number of methoxy groups -OCH3 is 1. The summed E-state index contributed by atoms with van der Waals surface area (Å²) < 4.78 is 26.0. The maximum atomic E-state index is 13.3. The van der Waals surface area contributed by atoms with Gasteiger partial charge in [-0.1, -0.05) is 11.8 Å². The van der Waals surface area contributed by atoms with Gasteiger partial charge in [0, 0.05) is 25.8 Å². The van der Waals surface area contributed by atoms with Crippen LogP contribution in [0.15, 0.2) is 29.4 Å². The molecule has 9 heteroatoms. The van der Waals surface area contributed by atoms with Crippen molar-refractivity contribution in [3.63, 3.8) is 0 Å². The van der Waals surface area contributed by atoms with Crippen LogP contribution in [-0.4, -0.2) is 58.9 Å². The summed E-state index contributed by atoms with van der Waals surface area (Å²) in [5.74, 6) is 0.256. The van der Waals surface area contributed by atoms with Gasteiger partial charge in [-0.15, -0.1) is 10.2 Å². The quantitative estimate of drug-likeness (QED) is 0.507. The van der Waals surface area contributed by atoms with Gasteiger partial charge < -0.3 is 14.8 Å². The first-order chi connectivity index (χ1) is 13.6. The summed E-state index contributed by atoms with van der Waals surface area (Å²) in [4.78, 5) is 12.3. The minimum atomic E-state index is -0.342. The van der Waals surface area contributed by atoms with Gasteiger partial charge in [0.05, 0.1) is 24.5 Å². The lowest BCUT2D eigenvalue weighted by atomic mass is 10.2. The average Bonchev–Trinajstić information content (AvgIpc) is 3.34. The Kier molecular flexibility index (Phi) is 7.41. The van der Waals surface area contributed by atoms with E-state index in [2.05, 4.69) is 15.5 Å². The Balaban J connectivity index is 1.79. The predicted octanol–water partition coefficient (Wildman–Crippen LogP) is 2.51. The van der Waals surface area contributed by atoms with Crippen LogP contribution in [0, 0.1) is 5.82 Å². The Morgan fingerprint density at radius 2 is 2.21 bits per heavy atom. The topological polar surface area (TPSA) is 78.3 Å². The van der Waals surface area contributed by atoms with Gasteiger partial charge >= 0.3 is 0 Å². The number of nitrogens with zero attached hydrogens (tertiary/aromatic N) is 3. The molecule has 1 aliphatic heterocycles. The number of carbonyl (C=O) groups excluding carboxylic acids is 1. The van der Waals surface area contributed by atoms with Crippen LogP contribution in [-0.2, 0) is 20.8 Å². The molecule has 2 aromatic rings. The summed E-state index contributed by atoms with van der Waals surface area (Å²) in [5, 5.41) is 11.7. The van der Waals surface area contributed by atoms with Gasteiger partial charge in [-0.2, -0.15) is 0 Å². The van der Waals surface area contributed by atoms with Gasteiger partial charge in [0.25, 0.3) is 0 Å². The van der Waals surface area contributed by atoms with Gasteiger partial charge in [0.2, 0.25) is 5.91 Å². The van der Waals surface area contributed by atoms with Crippen LogP contribution in [0.4, 0.5) is 4.39 Å². The molecule has 0 saturated carbocycles. The molecule has 1 fully saturated rings. The van der Waals surface area contributed by atoms with Gasteiger partial charge in [-0.3, -0.25) is 9.36 Å². The van der Waals surface area contributed by atoms with Crippen LogP contribution in [0.1, 0.15) is 19.8 Å². The molecular formula is C19H25FN4O3S. The zero-order valence-corrected chi connectivity index (χ0v) is 16.9. The van der Waals surface area contributed by atoms with Gasteiger partial charge in [0.1, 0.15) is 5.82 Å². The second-order valence-electron chi connectivity index (χ2n) is 6.60. The fourth-order valence-corrected chi connectivity index (χ4v) is 3.86. The number of ether oxygens (including phenoxy) is 2. The Labute approximate surface area is 168 Å². The summed E-state index contributed by atoms with van der Waals surface area (Å²) in [6.07, 6.45) is 2.08.